The Morgan fingerprint density at radius 2 is 2.18 bits per heavy atom. The van der Waals surface area contributed by atoms with Crippen LogP contribution in [0.25, 0.3) is 5.69 Å². The zero-order valence-corrected chi connectivity index (χ0v) is 10.7. The van der Waals surface area contributed by atoms with Crippen LogP contribution in [0, 0.1) is 0 Å². The quantitative estimate of drug-likeness (QED) is 0.813. The fourth-order valence-electron chi connectivity index (χ4n) is 1.90. The Kier molecular flexibility index (Phi) is 2.59. The first kappa shape index (κ1) is 10.7. The molecule has 0 radical (unpaired) electrons. The highest BCUT2D eigenvalue weighted by Gasteiger charge is 2.26. The fourth-order valence-corrected chi connectivity index (χ4v) is 2.28. The number of hydrogen-bond donors (Lipinski definition) is 0. The molecule has 1 aromatic heterocycles. The van der Waals surface area contributed by atoms with Crippen LogP contribution in [0.1, 0.15) is 34.8 Å². The number of benzene rings is 1. The van der Waals surface area contributed by atoms with Crippen LogP contribution in [0.5, 0.6) is 0 Å². The summed E-state index contributed by atoms with van der Waals surface area (Å²) in [4.78, 5) is 11.0. The van der Waals surface area contributed by atoms with Gasteiger partial charge in [-0.2, -0.15) is 5.10 Å². The number of carbonyl (C=O) groups excluding carboxylic acids is 1. The molecule has 1 aliphatic rings. The molecule has 1 aromatic carbocycles. The number of aromatic nitrogens is 2. The first-order valence-corrected chi connectivity index (χ1v) is 6.38. The van der Waals surface area contributed by atoms with Crippen molar-refractivity contribution in [2.45, 2.75) is 18.8 Å². The van der Waals surface area contributed by atoms with Gasteiger partial charge in [-0.3, -0.25) is 4.79 Å². The molecular formula is C13H11BrN2O. The van der Waals surface area contributed by atoms with E-state index in [-0.39, 0.29) is 0 Å². The van der Waals surface area contributed by atoms with Gasteiger partial charge in [0.2, 0.25) is 0 Å². The highest BCUT2D eigenvalue weighted by Crippen LogP contribution is 2.39. The maximum absolute atomic E-state index is 11.0. The van der Waals surface area contributed by atoms with Crippen molar-refractivity contribution in [1.82, 2.24) is 9.78 Å². The highest BCUT2D eigenvalue weighted by molar-refractivity contribution is 9.10. The lowest BCUT2D eigenvalue weighted by Crippen LogP contribution is -2.00. The standard InChI is InChI=1S/C13H11BrN2O/c14-11-3-4-13(10(7-11)8-17)16-6-5-12(15-16)9-1-2-9/h3-9H,1-2H2. The predicted octanol–water partition coefficient (Wildman–Crippen LogP) is 3.32. The molecule has 86 valence electrons. The summed E-state index contributed by atoms with van der Waals surface area (Å²) in [6.45, 7) is 0. The van der Waals surface area contributed by atoms with E-state index in [9.17, 15) is 4.79 Å². The van der Waals surface area contributed by atoms with Crippen molar-refractivity contribution >= 4 is 22.2 Å². The van der Waals surface area contributed by atoms with Crippen LogP contribution in [0.15, 0.2) is 34.9 Å². The van der Waals surface area contributed by atoms with E-state index in [1.165, 1.54) is 12.8 Å². The van der Waals surface area contributed by atoms with E-state index in [0.717, 1.165) is 22.1 Å². The molecule has 1 fully saturated rings. The van der Waals surface area contributed by atoms with E-state index >= 15 is 0 Å². The minimum Gasteiger partial charge on any atom is -0.298 e. The van der Waals surface area contributed by atoms with E-state index in [1.54, 1.807) is 10.7 Å². The second kappa shape index (κ2) is 4.11. The number of hydrogen-bond acceptors (Lipinski definition) is 2. The summed E-state index contributed by atoms with van der Waals surface area (Å²) in [5.41, 5.74) is 2.60. The number of carbonyl (C=O) groups is 1. The monoisotopic (exact) mass is 290 g/mol. The van der Waals surface area contributed by atoms with Crippen LogP contribution in [0.4, 0.5) is 0 Å². The van der Waals surface area contributed by atoms with Crippen molar-refractivity contribution in [3.8, 4) is 5.69 Å². The molecule has 3 nitrogen and oxygen atoms in total. The molecule has 0 unspecified atom stereocenters. The molecule has 17 heavy (non-hydrogen) atoms. The molecule has 0 amide bonds. The summed E-state index contributed by atoms with van der Waals surface area (Å²) in [5.74, 6) is 0.631. The third kappa shape index (κ3) is 2.05. The van der Waals surface area contributed by atoms with Crippen molar-refractivity contribution in [3.05, 3.63) is 46.2 Å². The third-order valence-electron chi connectivity index (χ3n) is 2.97. The van der Waals surface area contributed by atoms with Gasteiger partial charge in [0.1, 0.15) is 0 Å². The summed E-state index contributed by atoms with van der Waals surface area (Å²) in [6.07, 6.45) is 5.25. The van der Waals surface area contributed by atoms with Gasteiger partial charge in [0.25, 0.3) is 0 Å². The maximum Gasteiger partial charge on any atom is 0.152 e. The molecule has 1 saturated carbocycles. The molecule has 0 saturated heterocycles. The highest BCUT2D eigenvalue weighted by atomic mass is 79.9. The normalized spacial score (nSPS) is 14.9. The average Bonchev–Trinajstić information content (AvgIpc) is 3.08. The van der Waals surface area contributed by atoms with Crippen LogP contribution in [0.3, 0.4) is 0 Å². The molecule has 0 aliphatic heterocycles. The molecule has 3 rings (SSSR count). The Balaban J connectivity index is 2.03. The summed E-state index contributed by atoms with van der Waals surface area (Å²) in [5, 5.41) is 4.52. The lowest BCUT2D eigenvalue weighted by atomic mass is 10.2. The Bertz CT molecular complexity index is 573. The molecular weight excluding hydrogens is 280 g/mol. The van der Waals surface area contributed by atoms with Gasteiger partial charge in [-0.15, -0.1) is 0 Å². The second-order valence-electron chi connectivity index (χ2n) is 4.28. The molecule has 1 heterocycles. The Morgan fingerprint density at radius 3 is 2.88 bits per heavy atom. The lowest BCUT2D eigenvalue weighted by molar-refractivity contribution is 0.112. The number of halogens is 1. The zero-order chi connectivity index (χ0) is 11.8. The van der Waals surface area contributed by atoms with E-state index in [2.05, 4.69) is 21.0 Å². The van der Waals surface area contributed by atoms with Crippen molar-refractivity contribution in [1.29, 1.82) is 0 Å². The molecule has 0 atom stereocenters. The smallest absolute Gasteiger partial charge is 0.152 e. The average molecular weight is 291 g/mol. The first-order valence-electron chi connectivity index (χ1n) is 5.58. The van der Waals surface area contributed by atoms with Crippen molar-refractivity contribution in [2.75, 3.05) is 0 Å². The summed E-state index contributed by atoms with van der Waals surface area (Å²) in [7, 11) is 0. The Hall–Kier alpha value is -1.42. The first-order chi connectivity index (χ1) is 8.28. The largest absolute Gasteiger partial charge is 0.298 e. The minimum atomic E-state index is 0.631. The van der Waals surface area contributed by atoms with Crippen LogP contribution in [0.2, 0.25) is 0 Å². The molecule has 4 heteroatoms. The van der Waals surface area contributed by atoms with Gasteiger partial charge in [-0.05, 0) is 37.1 Å². The molecule has 0 bridgehead atoms. The van der Waals surface area contributed by atoms with E-state index in [1.807, 2.05) is 24.4 Å². The van der Waals surface area contributed by atoms with Gasteiger partial charge in [-0.25, -0.2) is 4.68 Å². The number of nitrogens with zero attached hydrogens (tertiary/aromatic N) is 2. The third-order valence-corrected chi connectivity index (χ3v) is 3.46. The topological polar surface area (TPSA) is 34.9 Å². The van der Waals surface area contributed by atoms with Crippen molar-refractivity contribution in [3.63, 3.8) is 0 Å². The van der Waals surface area contributed by atoms with Gasteiger partial charge >= 0.3 is 0 Å². The van der Waals surface area contributed by atoms with Crippen molar-refractivity contribution < 1.29 is 4.79 Å². The van der Waals surface area contributed by atoms with Gasteiger partial charge in [0, 0.05) is 22.2 Å². The number of rotatable bonds is 3. The van der Waals surface area contributed by atoms with Crippen LogP contribution in [-0.4, -0.2) is 16.1 Å². The van der Waals surface area contributed by atoms with Gasteiger partial charge in [-0.1, -0.05) is 15.9 Å². The van der Waals surface area contributed by atoms with Crippen LogP contribution < -0.4 is 0 Å². The molecule has 1 aliphatic carbocycles. The minimum absolute atomic E-state index is 0.631. The second-order valence-corrected chi connectivity index (χ2v) is 5.20. The lowest BCUT2D eigenvalue weighted by Gasteiger charge is -2.05. The maximum atomic E-state index is 11.0. The zero-order valence-electron chi connectivity index (χ0n) is 9.14. The van der Waals surface area contributed by atoms with Crippen LogP contribution in [-0.2, 0) is 0 Å². The van der Waals surface area contributed by atoms with E-state index in [0.29, 0.717) is 11.5 Å². The number of aldehydes is 1. The van der Waals surface area contributed by atoms with Gasteiger partial charge in [0.05, 0.1) is 11.4 Å². The summed E-state index contributed by atoms with van der Waals surface area (Å²) >= 11 is 3.36. The van der Waals surface area contributed by atoms with E-state index < -0.39 is 0 Å². The van der Waals surface area contributed by atoms with E-state index in [4.69, 9.17) is 0 Å². The van der Waals surface area contributed by atoms with Gasteiger partial charge < -0.3 is 0 Å². The Morgan fingerprint density at radius 1 is 1.35 bits per heavy atom. The molecule has 0 N–H and O–H groups in total. The van der Waals surface area contributed by atoms with Gasteiger partial charge in [0.15, 0.2) is 6.29 Å². The summed E-state index contributed by atoms with van der Waals surface area (Å²) in [6, 6.07) is 7.66. The molecule has 0 spiro atoms. The van der Waals surface area contributed by atoms with Crippen molar-refractivity contribution in [2.24, 2.45) is 0 Å². The molecule has 2 aromatic rings. The Labute approximate surface area is 108 Å². The summed E-state index contributed by atoms with van der Waals surface area (Å²) < 4.78 is 2.68. The van der Waals surface area contributed by atoms with Crippen LogP contribution >= 0.6 is 15.9 Å². The predicted molar refractivity (Wildman–Crippen MR) is 68.6 cm³/mol. The SMILES string of the molecule is O=Cc1cc(Br)ccc1-n1ccc(C2CC2)n1. The fraction of sp³-hybridized carbons (Fsp3) is 0.231.